The van der Waals surface area contributed by atoms with Gasteiger partial charge >= 0.3 is 0 Å². The Morgan fingerprint density at radius 1 is 1.37 bits per heavy atom. The number of nitrogens with zero attached hydrogens (tertiary/aromatic N) is 2. The summed E-state index contributed by atoms with van der Waals surface area (Å²) in [4.78, 5) is 0. The zero-order chi connectivity index (χ0) is 13.7. The predicted octanol–water partition coefficient (Wildman–Crippen LogP) is 2.34. The van der Waals surface area contributed by atoms with Crippen LogP contribution < -0.4 is 10.1 Å². The van der Waals surface area contributed by atoms with E-state index < -0.39 is 0 Å². The third kappa shape index (κ3) is 4.44. The Hall–Kier alpha value is -1.75. The highest BCUT2D eigenvalue weighted by Crippen LogP contribution is 2.13. The Balaban J connectivity index is 1.77. The Morgan fingerprint density at radius 3 is 2.84 bits per heavy atom. The van der Waals surface area contributed by atoms with Crippen LogP contribution in [0.25, 0.3) is 0 Å². The smallest absolute Gasteiger partial charge is 0.157 e. The molecule has 5 heteroatoms. The second-order valence-corrected chi connectivity index (χ2v) is 5.03. The summed E-state index contributed by atoms with van der Waals surface area (Å²) in [6, 6.07) is 3.93. The van der Waals surface area contributed by atoms with Crippen molar-refractivity contribution in [2.24, 2.45) is 13.0 Å². The highest BCUT2D eigenvalue weighted by molar-refractivity contribution is 5.13. The number of nitrogens with one attached hydrogen (secondary N) is 1. The summed E-state index contributed by atoms with van der Waals surface area (Å²) in [6.45, 7) is 6.54. The Morgan fingerprint density at radius 2 is 2.16 bits per heavy atom. The molecular weight excluding hydrogens is 242 g/mol. The molecule has 5 nitrogen and oxygen atoms in total. The first kappa shape index (κ1) is 13.7. The van der Waals surface area contributed by atoms with E-state index in [2.05, 4.69) is 24.3 Å². The number of furan rings is 1. The van der Waals surface area contributed by atoms with E-state index in [1.165, 1.54) is 0 Å². The van der Waals surface area contributed by atoms with Crippen molar-refractivity contribution in [2.45, 2.75) is 27.0 Å². The van der Waals surface area contributed by atoms with E-state index in [0.29, 0.717) is 12.5 Å². The van der Waals surface area contributed by atoms with E-state index in [0.717, 1.165) is 30.4 Å². The van der Waals surface area contributed by atoms with Gasteiger partial charge in [0.15, 0.2) is 5.75 Å². The van der Waals surface area contributed by atoms with Crippen molar-refractivity contribution >= 4 is 0 Å². The Kier molecular flexibility index (Phi) is 4.63. The van der Waals surface area contributed by atoms with Crippen LogP contribution in [0.4, 0.5) is 0 Å². The van der Waals surface area contributed by atoms with Crippen molar-refractivity contribution in [1.29, 1.82) is 0 Å². The molecule has 0 aliphatic carbocycles. The second-order valence-electron chi connectivity index (χ2n) is 5.03. The van der Waals surface area contributed by atoms with Crippen molar-refractivity contribution in [3.63, 3.8) is 0 Å². The number of rotatable bonds is 7. The van der Waals surface area contributed by atoms with Crippen molar-refractivity contribution < 1.29 is 9.15 Å². The largest absolute Gasteiger partial charge is 0.482 e. The molecule has 0 unspecified atom stereocenters. The van der Waals surface area contributed by atoms with E-state index in [9.17, 15) is 0 Å². The molecule has 104 valence electrons. The quantitative estimate of drug-likeness (QED) is 0.833. The summed E-state index contributed by atoms with van der Waals surface area (Å²) in [5.74, 6) is 3.15. The SMILES string of the molecule is CC(C)CNCc1ccc(COc2cnn(C)c2)o1. The third-order valence-electron chi connectivity index (χ3n) is 2.63. The van der Waals surface area contributed by atoms with Gasteiger partial charge in [0.2, 0.25) is 0 Å². The minimum atomic E-state index is 0.426. The highest BCUT2D eigenvalue weighted by atomic mass is 16.5. The first-order chi connectivity index (χ1) is 9.13. The van der Waals surface area contributed by atoms with Crippen molar-refractivity contribution in [3.05, 3.63) is 36.0 Å². The molecule has 0 atom stereocenters. The maximum atomic E-state index is 5.68. The molecule has 0 saturated carbocycles. The minimum absolute atomic E-state index is 0.426. The molecule has 0 fully saturated rings. The molecule has 1 N–H and O–H groups in total. The average Bonchev–Trinajstić information content (AvgIpc) is 2.95. The lowest BCUT2D eigenvalue weighted by Crippen LogP contribution is -2.18. The van der Waals surface area contributed by atoms with Gasteiger partial charge in [-0.1, -0.05) is 13.8 Å². The summed E-state index contributed by atoms with van der Waals surface area (Å²) in [7, 11) is 1.86. The van der Waals surface area contributed by atoms with Crippen LogP contribution >= 0.6 is 0 Å². The molecule has 0 aliphatic rings. The standard InChI is InChI=1S/C14H21N3O2/c1-11(2)6-15-7-12-4-5-13(19-12)10-18-14-8-16-17(3)9-14/h4-5,8-9,11,15H,6-7,10H2,1-3H3. The molecule has 0 spiro atoms. The number of aryl methyl sites for hydroxylation is 1. The normalized spacial score (nSPS) is 11.2. The summed E-state index contributed by atoms with van der Waals surface area (Å²) >= 11 is 0. The van der Waals surface area contributed by atoms with Crippen LogP contribution in [-0.4, -0.2) is 16.3 Å². The molecule has 0 aliphatic heterocycles. The molecule has 0 bridgehead atoms. The second kappa shape index (κ2) is 6.43. The molecule has 19 heavy (non-hydrogen) atoms. The minimum Gasteiger partial charge on any atom is -0.482 e. The lowest BCUT2D eigenvalue weighted by Gasteiger charge is -2.05. The molecule has 2 aromatic heterocycles. The molecule has 0 amide bonds. The van der Waals surface area contributed by atoms with Gasteiger partial charge in [-0.15, -0.1) is 0 Å². The summed E-state index contributed by atoms with van der Waals surface area (Å²) in [6.07, 6.45) is 3.52. The number of ether oxygens (including phenoxy) is 1. The van der Waals surface area contributed by atoms with Crippen molar-refractivity contribution in [2.75, 3.05) is 6.54 Å². The van der Waals surface area contributed by atoms with Gasteiger partial charge < -0.3 is 14.5 Å². The van der Waals surface area contributed by atoms with Gasteiger partial charge in [-0.3, -0.25) is 4.68 Å². The summed E-state index contributed by atoms with van der Waals surface area (Å²) < 4.78 is 13.0. The first-order valence-corrected chi connectivity index (χ1v) is 6.53. The van der Waals surface area contributed by atoms with E-state index in [1.54, 1.807) is 10.9 Å². The highest BCUT2D eigenvalue weighted by Gasteiger charge is 2.04. The van der Waals surface area contributed by atoms with E-state index in [4.69, 9.17) is 9.15 Å². The van der Waals surface area contributed by atoms with E-state index in [-0.39, 0.29) is 0 Å². The van der Waals surface area contributed by atoms with E-state index in [1.807, 2.05) is 25.4 Å². The van der Waals surface area contributed by atoms with Gasteiger partial charge in [-0.05, 0) is 24.6 Å². The van der Waals surface area contributed by atoms with E-state index >= 15 is 0 Å². The topological polar surface area (TPSA) is 52.2 Å². The van der Waals surface area contributed by atoms with Gasteiger partial charge in [0.25, 0.3) is 0 Å². The van der Waals surface area contributed by atoms with Crippen LogP contribution in [0.1, 0.15) is 25.4 Å². The molecular formula is C14H21N3O2. The first-order valence-electron chi connectivity index (χ1n) is 6.53. The van der Waals surface area contributed by atoms with Gasteiger partial charge in [0, 0.05) is 7.05 Å². The third-order valence-corrected chi connectivity index (χ3v) is 2.63. The summed E-state index contributed by atoms with van der Waals surface area (Å²) in [5.41, 5.74) is 0. The van der Waals surface area contributed by atoms with Gasteiger partial charge in [-0.25, -0.2) is 0 Å². The summed E-state index contributed by atoms with van der Waals surface area (Å²) in [5, 5.41) is 7.39. The number of hydrogen-bond donors (Lipinski definition) is 1. The molecule has 2 rings (SSSR count). The van der Waals surface area contributed by atoms with Crippen LogP contribution in [0.15, 0.2) is 28.9 Å². The lowest BCUT2D eigenvalue weighted by atomic mass is 10.2. The van der Waals surface area contributed by atoms with Gasteiger partial charge in [-0.2, -0.15) is 5.10 Å². The van der Waals surface area contributed by atoms with Gasteiger partial charge in [0.1, 0.15) is 18.1 Å². The number of aromatic nitrogens is 2. The maximum absolute atomic E-state index is 5.68. The van der Waals surface area contributed by atoms with Crippen LogP contribution in [0.3, 0.4) is 0 Å². The molecule has 0 saturated heterocycles. The zero-order valence-corrected chi connectivity index (χ0v) is 11.7. The predicted molar refractivity (Wildman–Crippen MR) is 72.8 cm³/mol. The van der Waals surface area contributed by atoms with Crippen LogP contribution in [0, 0.1) is 5.92 Å². The molecule has 0 radical (unpaired) electrons. The van der Waals surface area contributed by atoms with Crippen LogP contribution in [0.5, 0.6) is 5.75 Å². The monoisotopic (exact) mass is 263 g/mol. The Labute approximate surface area is 113 Å². The molecule has 2 aromatic rings. The fraction of sp³-hybridized carbons (Fsp3) is 0.500. The average molecular weight is 263 g/mol. The molecule has 0 aromatic carbocycles. The number of hydrogen-bond acceptors (Lipinski definition) is 4. The molecule has 2 heterocycles. The van der Waals surface area contributed by atoms with Crippen LogP contribution in [-0.2, 0) is 20.2 Å². The van der Waals surface area contributed by atoms with Crippen molar-refractivity contribution in [3.8, 4) is 5.75 Å². The fourth-order valence-corrected chi connectivity index (χ4v) is 1.71. The fourth-order valence-electron chi connectivity index (χ4n) is 1.71. The van der Waals surface area contributed by atoms with Crippen LogP contribution in [0.2, 0.25) is 0 Å². The van der Waals surface area contributed by atoms with Gasteiger partial charge in [0.05, 0.1) is 18.9 Å². The maximum Gasteiger partial charge on any atom is 0.157 e. The Bertz CT molecular complexity index is 502. The van der Waals surface area contributed by atoms with Crippen molar-refractivity contribution in [1.82, 2.24) is 15.1 Å². The lowest BCUT2D eigenvalue weighted by molar-refractivity contribution is 0.264. The zero-order valence-electron chi connectivity index (χ0n) is 11.7.